The van der Waals surface area contributed by atoms with Crippen molar-refractivity contribution in [3.63, 3.8) is 0 Å². The zero-order valence-corrected chi connectivity index (χ0v) is 18.5. The van der Waals surface area contributed by atoms with Crippen LogP contribution in [0.15, 0.2) is 36.4 Å². The van der Waals surface area contributed by atoms with Crippen molar-refractivity contribution in [1.29, 1.82) is 0 Å². The van der Waals surface area contributed by atoms with Crippen LogP contribution in [0.1, 0.15) is 77.3 Å². The van der Waals surface area contributed by atoms with Crippen molar-refractivity contribution in [2.75, 3.05) is 0 Å². The molecule has 2 nitrogen and oxygen atoms in total. The summed E-state index contributed by atoms with van der Waals surface area (Å²) in [6, 6.07) is 10.9. The van der Waals surface area contributed by atoms with Crippen LogP contribution in [0.2, 0.25) is 5.02 Å². The van der Waals surface area contributed by atoms with Crippen LogP contribution < -0.4 is 9.47 Å². The van der Waals surface area contributed by atoms with Crippen molar-refractivity contribution >= 4 is 11.6 Å². The highest BCUT2D eigenvalue weighted by atomic mass is 35.5. The number of hydrogen-bond acceptors (Lipinski definition) is 2. The SMILES string of the molecule is CC(C)Oc1cc(F)cc(C(C)CCC(C)Oc2cc(C(C)C)ccc2Cl)c1. The molecule has 2 aromatic rings. The summed E-state index contributed by atoms with van der Waals surface area (Å²) in [5, 5.41) is 0.630. The number of ether oxygens (including phenoxy) is 2. The summed E-state index contributed by atoms with van der Waals surface area (Å²) in [6.07, 6.45) is 1.76. The van der Waals surface area contributed by atoms with Gasteiger partial charge in [0.2, 0.25) is 0 Å². The second-order valence-electron chi connectivity index (χ2n) is 8.14. The first kappa shape index (κ1) is 22.5. The van der Waals surface area contributed by atoms with Gasteiger partial charge in [0, 0.05) is 6.07 Å². The predicted octanol–water partition coefficient (Wildman–Crippen LogP) is 7.74. The number of halogens is 2. The lowest BCUT2D eigenvalue weighted by Crippen LogP contribution is -2.13. The molecule has 0 aliphatic rings. The highest BCUT2D eigenvalue weighted by molar-refractivity contribution is 6.32. The maximum Gasteiger partial charge on any atom is 0.138 e. The minimum Gasteiger partial charge on any atom is -0.491 e. The second kappa shape index (κ2) is 10.2. The predicted molar refractivity (Wildman–Crippen MR) is 115 cm³/mol. The maximum atomic E-state index is 14.0. The molecule has 0 heterocycles. The Bertz CT molecular complexity index is 773. The molecule has 2 unspecified atom stereocenters. The lowest BCUT2D eigenvalue weighted by atomic mass is 9.94. The molecule has 0 N–H and O–H groups in total. The summed E-state index contributed by atoms with van der Waals surface area (Å²) in [5.74, 6) is 1.67. The molecular weight excluding hydrogens is 375 g/mol. The molecule has 0 saturated carbocycles. The number of rotatable bonds is 9. The van der Waals surface area contributed by atoms with Gasteiger partial charge in [0.05, 0.1) is 17.2 Å². The summed E-state index contributed by atoms with van der Waals surface area (Å²) in [6.45, 7) is 12.3. The highest BCUT2D eigenvalue weighted by Gasteiger charge is 2.14. The van der Waals surface area contributed by atoms with E-state index in [2.05, 4.69) is 20.8 Å². The van der Waals surface area contributed by atoms with Gasteiger partial charge in [0.1, 0.15) is 17.3 Å². The van der Waals surface area contributed by atoms with E-state index in [1.165, 1.54) is 11.6 Å². The molecule has 0 fully saturated rings. The Morgan fingerprint density at radius 3 is 2.21 bits per heavy atom. The summed E-state index contributed by atoms with van der Waals surface area (Å²) in [5.41, 5.74) is 2.15. The molecule has 28 heavy (non-hydrogen) atoms. The Labute approximate surface area is 174 Å². The largest absolute Gasteiger partial charge is 0.491 e. The fraction of sp³-hybridized carbons (Fsp3) is 0.500. The quantitative estimate of drug-likeness (QED) is 0.424. The van der Waals surface area contributed by atoms with E-state index < -0.39 is 0 Å². The van der Waals surface area contributed by atoms with Gasteiger partial charge in [-0.15, -0.1) is 0 Å². The normalized spacial score (nSPS) is 13.6. The molecule has 0 saturated heterocycles. The Hall–Kier alpha value is -1.74. The molecule has 0 bridgehead atoms. The first-order valence-corrected chi connectivity index (χ1v) is 10.5. The van der Waals surface area contributed by atoms with Gasteiger partial charge in [-0.3, -0.25) is 0 Å². The molecule has 2 rings (SSSR count). The lowest BCUT2D eigenvalue weighted by Gasteiger charge is -2.20. The van der Waals surface area contributed by atoms with Crippen LogP contribution >= 0.6 is 11.6 Å². The molecule has 0 aliphatic heterocycles. The van der Waals surface area contributed by atoms with Crippen molar-refractivity contribution < 1.29 is 13.9 Å². The summed E-state index contributed by atoms with van der Waals surface area (Å²) in [4.78, 5) is 0. The molecule has 0 aromatic heterocycles. The molecule has 2 aromatic carbocycles. The molecule has 0 aliphatic carbocycles. The summed E-state index contributed by atoms with van der Waals surface area (Å²) >= 11 is 6.30. The third kappa shape index (κ3) is 6.70. The smallest absolute Gasteiger partial charge is 0.138 e. The maximum absolute atomic E-state index is 14.0. The van der Waals surface area contributed by atoms with Crippen LogP contribution in [0.3, 0.4) is 0 Å². The van der Waals surface area contributed by atoms with Gasteiger partial charge < -0.3 is 9.47 Å². The molecule has 0 radical (unpaired) electrons. The number of hydrogen-bond donors (Lipinski definition) is 0. The zero-order valence-electron chi connectivity index (χ0n) is 17.8. The molecule has 4 heteroatoms. The van der Waals surface area contributed by atoms with Crippen molar-refractivity contribution in [3.05, 3.63) is 58.4 Å². The van der Waals surface area contributed by atoms with Gasteiger partial charge in [0.25, 0.3) is 0 Å². The van der Waals surface area contributed by atoms with Crippen LogP contribution in [0, 0.1) is 5.82 Å². The van der Waals surface area contributed by atoms with Gasteiger partial charge in [0.15, 0.2) is 0 Å². The monoisotopic (exact) mass is 406 g/mol. The second-order valence-corrected chi connectivity index (χ2v) is 8.55. The van der Waals surface area contributed by atoms with Crippen molar-refractivity contribution in [1.82, 2.24) is 0 Å². The lowest BCUT2D eigenvalue weighted by molar-refractivity contribution is 0.205. The van der Waals surface area contributed by atoms with Crippen LogP contribution in [0.5, 0.6) is 11.5 Å². The first-order chi connectivity index (χ1) is 13.2. The molecular formula is C24H32ClFO2. The van der Waals surface area contributed by atoms with E-state index in [1.807, 2.05) is 45.0 Å². The average Bonchev–Trinajstić information content (AvgIpc) is 2.60. The molecule has 2 atom stereocenters. The van der Waals surface area contributed by atoms with Crippen LogP contribution in [0.4, 0.5) is 4.39 Å². The zero-order chi connectivity index (χ0) is 20.8. The van der Waals surface area contributed by atoms with Crippen LogP contribution in [-0.2, 0) is 0 Å². The van der Waals surface area contributed by atoms with Gasteiger partial charge in [-0.05, 0) is 80.8 Å². The van der Waals surface area contributed by atoms with E-state index in [0.717, 1.165) is 24.2 Å². The van der Waals surface area contributed by atoms with E-state index >= 15 is 0 Å². The Morgan fingerprint density at radius 1 is 0.857 bits per heavy atom. The van der Waals surface area contributed by atoms with Crippen molar-refractivity contribution in [2.45, 2.75) is 78.4 Å². The Kier molecular flexibility index (Phi) is 8.18. The van der Waals surface area contributed by atoms with Crippen LogP contribution in [-0.4, -0.2) is 12.2 Å². The van der Waals surface area contributed by atoms with Gasteiger partial charge in [-0.25, -0.2) is 4.39 Å². The minimum absolute atomic E-state index is 0.0160. The molecule has 154 valence electrons. The van der Waals surface area contributed by atoms with E-state index in [4.69, 9.17) is 21.1 Å². The van der Waals surface area contributed by atoms with Crippen molar-refractivity contribution in [3.8, 4) is 11.5 Å². The van der Waals surface area contributed by atoms with E-state index in [1.54, 1.807) is 6.07 Å². The highest BCUT2D eigenvalue weighted by Crippen LogP contribution is 2.31. The van der Waals surface area contributed by atoms with E-state index in [9.17, 15) is 4.39 Å². The van der Waals surface area contributed by atoms with Gasteiger partial charge >= 0.3 is 0 Å². The third-order valence-electron chi connectivity index (χ3n) is 4.79. The molecule has 0 amide bonds. The van der Waals surface area contributed by atoms with E-state index in [-0.39, 0.29) is 23.9 Å². The Morgan fingerprint density at radius 2 is 1.57 bits per heavy atom. The summed E-state index contributed by atoms with van der Waals surface area (Å²) < 4.78 is 25.7. The van der Waals surface area contributed by atoms with Gasteiger partial charge in [-0.1, -0.05) is 38.4 Å². The third-order valence-corrected chi connectivity index (χ3v) is 5.10. The van der Waals surface area contributed by atoms with Crippen LogP contribution in [0.25, 0.3) is 0 Å². The Balaban J connectivity index is 1.98. The summed E-state index contributed by atoms with van der Waals surface area (Å²) in [7, 11) is 0. The first-order valence-electron chi connectivity index (χ1n) is 10.1. The fourth-order valence-corrected chi connectivity index (χ4v) is 3.27. The van der Waals surface area contributed by atoms with Gasteiger partial charge in [-0.2, -0.15) is 0 Å². The van der Waals surface area contributed by atoms with Crippen molar-refractivity contribution in [2.24, 2.45) is 0 Å². The number of benzene rings is 2. The van der Waals surface area contributed by atoms with E-state index in [0.29, 0.717) is 16.7 Å². The molecule has 0 spiro atoms. The average molecular weight is 407 g/mol. The standard InChI is InChI=1S/C24H32ClFO2/c1-15(2)19-9-10-23(25)24(13-19)28-18(6)8-7-17(5)20-11-21(26)14-22(12-20)27-16(3)4/h9-18H,7-8H2,1-6H3. The fourth-order valence-electron chi connectivity index (χ4n) is 3.11. The topological polar surface area (TPSA) is 18.5 Å². The minimum atomic E-state index is -0.262.